The molecule has 0 unspecified atom stereocenters. The third-order valence-electron chi connectivity index (χ3n) is 2.46. The van der Waals surface area contributed by atoms with E-state index in [1.807, 2.05) is 12.3 Å². The van der Waals surface area contributed by atoms with Crippen molar-refractivity contribution in [3.05, 3.63) is 27.8 Å². The second-order valence-corrected chi connectivity index (χ2v) is 6.65. The monoisotopic (exact) mass is 302 g/mol. The molecular weight excluding hydrogens is 288 g/mol. The molecule has 0 aliphatic rings. The van der Waals surface area contributed by atoms with Gasteiger partial charge in [0.25, 0.3) is 10.0 Å². The van der Waals surface area contributed by atoms with E-state index in [1.54, 1.807) is 0 Å². The van der Waals surface area contributed by atoms with Gasteiger partial charge in [0.15, 0.2) is 5.03 Å². The van der Waals surface area contributed by atoms with Crippen molar-refractivity contribution in [1.29, 1.82) is 0 Å². The molecule has 0 fully saturated rings. The summed E-state index contributed by atoms with van der Waals surface area (Å²) in [4.78, 5) is 4.25. The number of sulfonamides is 1. The Labute approximate surface area is 114 Å². The lowest BCUT2D eigenvalue weighted by Gasteiger charge is -2.05. The molecule has 0 spiro atoms. The Morgan fingerprint density at radius 3 is 2.95 bits per heavy atom. The highest BCUT2D eigenvalue weighted by molar-refractivity contribution is 7.89. The van der Waals surface area contributed by atoms with Crippen molar-refractivity contribution < 1.29 is 13.5 Å². The highest BCUT2D eigenvalue weighted by Gasteiger charge is 2.19. The quantitative estimate of drug-likeness (QED) is 0.706. The molecule has 2 aromatic heterocycles. The number of H-pyrrole nitrogens is 1. The molecule has 0 aromatic carbocycles. The van der Waals surface area contributed by atoms with E-state index < -0.39 is 10.0 Å². The first-order valence-electron chi connectivity index (χ1n) is 5.56. The Bertz CT molecular complexity index is 647. The topological polar surface area (TPSA) is 108 Å². The van der Waals surface area contributed by atoms with Crippen molar-refractivity contribution in [3.8, 4) is 0 Å². The van der Waals surface area contributed by atoms with Crippen LogP contribution in [0.4, 0.5) is 0 Å². The molecule has 19 heavy (non-hydrogen) atoms. The summed E-state index contributed by atoms with van der Waals surface area (Å²) >= 11 is 1.53. The summed E-state index contributed by atoms with van der Waals surface area (Å²) in [6.07, 6.45) is 1.81. The summed E-state index contributed by atoms with van der Waals surface area (Å²) < 4.78 is 26.4. The first-order chi connectivity index (χ1) is 9.03. The minimum absolute atomic E-state index is 0.0931. The van der Waals surface area contributed by atoms with Crippen LogP contribution in [0.2, 0.25) is 0 Å². The summed E-state index contributed by atoms with van der Waals surface area (Å²) in [5.41, 5.74) is 1.11. The van der Waals surface area contributed by atoms with Gasteiger partial charge in [-0.3, -0.25) is 5.10 Å². The van der Waals surface area contributed by atoms with Crippen molar-refractivity contribution in [2.24, 2.45) is 0 Å². The standard InChI is InChI=1S/C10H14N4O3S2/c1-7-13-9(6-18-7)2-3-12-19(16,17)10-8(5-15)4-11-14-10/h4,6,12,15H,2-3,5H2,1H3,(H,11,14). The number of hydrogen-bond acceptors (Lipinski definition) is 6. The number of aryl methyl sites for hydroxylation is 1. The second-order valence-electron chi connectivity index (χ2n) is 3.89. The van der Waals surface area contributed by atoms with E-state index in [0.29, 0.717) is 6.42 Å². The molecule has 0 saturated carbocycles. The highest BCUT2D eigenvalue weighted by Crippen LogP contribution is 2.12. The number of rotatable bonds is 6. The zero-order valence-corrected chi connectivity index (χ0v) is 11.9. The van der Waals surface area contributed by atoms with Crippen LogP contribution in [0.5, 0.6) is 0 Å². The minimum Gasteiger partial charge on any atom is -0.392 e. The molecule has 0 aliphatic heterocycles. The number of aliphatic hydroxyl groups excluding tert-OH is 1. The van der Waals surface area contributed by atoms with Crippen molar-refractivity contribution in [3.63, 3.8) is 0 Å². The molecule has 9 heteroatoms. The summed E-state index contributed by atoms with van der Waals surface area (Å²) in [6.45, 7) is 1.77. The molecule has 0 bridgehead atoms. The molecule has 2 aromatic rings. The molecule has 104 valence electrons. The number of hydrogen-bond donors (Lipinski definition) is 3. The maximum absolute atomic E-state index is 12.0. The van der Waals surface area contributed by atoms with E-state index in [4.69, 9.17) is 5.11 Å². The molecular formula is C10H14N4O3S2. The van der Waals surface area contributed by atoms with Gasteiger partial charge in [0.05, 0.1) is 23.5 Å². The Hall–Kier alpha value is -1.29. The molecule has 0 amide bonds. The first kappa shape index (κ1) is 14.1. The van der Waals surface area contributed by atoms with Gasteiger partial charge >= 0.3 is 0 Å². The van der Waals surface area contributed by atoms with Crippen LogP contribution in [0.1, 0.15) is 16.3 Å². The Morgan fingerprint density at radius 2 is 2.32 bits per heavy atom. The van der Waals surface area contributed by atoms with Crippen LogP contribution in [0.25, 0.3) is 0 Å². The number of aliphatic hydroxyl groups is 1. The molecule has 0 atom stereocenters. The van der Waals surface area contributed by atoms with E-state index in [1.165, 1.54) is 17.5 Å². The van der Waals surface area contributed by atoms with Gasteiger partial charge in [-0.25, -0.2) is 18.1 Å². The van der Waals surface area contributed by atoms with Crippen LogP contribution in [0.15, 0.2) is 16.6 Å². The van der Waals surface area contributed by atoms with Crippen molar-refractivity contribution in [2.45, 2.75) is 25.0 Å². The Kier molecular flexibility index (Phi) is 4.30. The van der Waals surface area contributed by atoms with Crippen LogP contribution in [-0.2, 0) is 23.1 Å². The van der Waals surface area contributed by atoms with Gasteiger partial charge in [0.1, 0.15) is 0 Å². The van der Waals surface area contributed by atoms with Crippen molar-refractivity contribution in [2.75, 3.05) is 6.54 Å². The summed E-state index contributed by atoms with van der Waals surface area (Å²) in [7, 11) is -3.68. The molecule has 3 N–H and O–H groups in total. The largest absolute Gasteiger partial charge is 0.392 e. The normalized spacial score (nSPS) is 11.9. The fourth-order valence-corrected chi connectivity index (χ4v) is 3.35. The van der Waals surface area contributed by atoms with Gasteiger partial charge in [-0.2, -0.15) is 5.10 Å². The smallest absolute Gasteiger partial charge is 0.257 e. The van der Waals surface area contributed by atoms with E-state index in [-0.39, 0.29) is 23.7 Å². The zero-order chi connectivity index (χ0) is 13.9. The van der Waals surface area contributed by atoms with Gasteiger partial charge in [0, 0.05) is 23.9 Å². The average molecular weight is 302 g/mol. The predicted octanol–water partition coefficient (Wildman–Crippen LogP) is 0.188. The fourth-order valence-electron chi connectivity index (χ4n) is 1.55. The maximum atomic E-state index is 12.0. The predicted molar refractivity (Wildman–Crippen MR) is 70.3 cm³/mol. The average Bonchev–Trinajstić information content (AvgIpc) is 2.97. The Balaban J connectivity index is 1.98. The maximum Gasteiger partial charge on any atom is 0.257 e. The number of nitrogens with one attached hydrogen (secondary N) is 2. The molecule has 2 rings (SSSR count). The lowest BCUT2D eigenvalue weighted by molar-refractivity contribution is 0.278. The number of aromatic nitrogens is 3. The molecule has 2 heterocycles. The summed E-state index contributed by atoms with van der Waals surface area (Å²) in [5.74, 6) is 0. The molecule has 0 aliphatic carbocycles. The van der Waals surface area contributed by atoms with E-state index in [2.05, 4.69) is 19.9 Å². The first-order valence-corrected chi connectivity index (χ1v) is 7.93. The Morgan fingerprint density at radius 1 is 1.53 bits per heavy atom. The third kappa shape index (κ3) is 3.38. The van der Waals surface area contributed by atoms with Gasteiger partial charge in [-0.15, -0.1) is 11.3 Å². The number of thiazole rings is 1. The van der Waals surface area contributed by atoms with Gasteiger partial charge in [0.2, 0.25) is 0 Å². The van der Waals surface area contributed by atoms with Crippen LogP contribution in [0, 0.1) is 6.92 Å². The van der Waals surface area contributed by atoms with E-state index in [0.717, 1.165) is 10.7 Å². The lowest BCUT2D eigenvalue weighted by atomic mass is 10.3. The van der Waals surface area contributed by atoms with E-state index in [9.17, 15) is 8.42 Å². The molecule has 7 nitrogen and oxygen atoms in total. The van der Waals surface area contributed by atoms with Gasteiger partial charge < -0.3 is 5.11 Å². The SMILES string of the molecule is Cc1nc(CCNS(=O)(=O)c2[nH]ncc2CO)cs1. The van der Waals surface area contributed by atoms with Crippen LogP contribution in [0.3, 0.4) is 0 Å². The molecule has 0 saturated heterocycles. The van der Waals surface area contributed by atoms with Crippen LogP contribution in [-0.4, -0.2) is 35.3 Å². The molecule has 0 radical (unpaired) electrons. The van der Waals surface area contributed by atoms with Crippen LogP contribution >= 0.6 is 11.3 Å². The van der Waals surface area contributed by atoms with Gasteiger partial charge in [-0.1, -0.05) is 0 Å². The van der Waals surface area contributed by atoms with Gasteiger partial charge in [-0.05, 0) is 6.92 Å². The fraction of sp³-hybridized carbons (Fsp3) is 0.400. The number of aromatic amines is 1. The van der Waals surface area contributed by atoms with Crippen molar-refractivity contribution >= 4 is 21.4 Å². The zero-order valence-electron chi connectivity index (χ0n) is 10.3. The van der Waals surface area contributed by atoms with Crippen molar-refractivity contribution in [1.82, 2.24) is 19.9 Å². The highest BCUT2D eigenvalue weighted by atomic mass is 32.2. The third-order valence-corrected chi connectivity index (χ3v) is 4.75. The number of nitrogens with zero attached hydrogens (tertiary/aromatic N) is 2. The summed E-state index contributed by atoms with van der Waals surface area (Å²) in [5, 5.41) is 17.8. The lowest BCUT2D eigenvalue weighted by Crippen LogP contribution is -2.27. The minimum atomic E-state index is -3.68. The summed E-state index contributed by atoms with van der Waals surface area (Å²) in [6, 6.07) is 0. The van der Waals surface area contributed by atoms with Crippen LogP contribution < -0.4 is 4.72 Å². The second kappa shape index (κ2) is 5.78. The van der Waals surface area contributed by atoms with E-state index >= 15 is 0 Å².